The van der Waals surface area contributed by atoms with E-state index in [1.165, 1.54) is 6.07 Å². The highest BCUT2D eigenvalue weighted by atomic mass is 16.6. The van der Waals surface area contributed by atoms with Crippen molar-refractivity contribution in [1.82, 2.24) is 0 Å². The number of nitro groups is 1. The first kappa shape index (κ1) is 11.5. The number of aryl methyl sites for hydroxylation is 1. The molecule has 1 rings (SSSR count). The summed E-state index contributed by atoms with van der Waals surface area (Å²) in [5, 5.41) is 10.6. The topological polar surface area (TPSA) is 61.6 Å². The third kappa shape index (κ3) is 3.21. The van der Waals surface area contributed by atoms with Crippen LogP contribution in [-0.2, 0) is 4.74 Å². The second kappa shape index (κ2) is 5.31. The van der Waals surface area contributed by atoms with Gasteiger partial charge in [0.2, 0.25) is 0 Å². The number of nitrogens with zero attached hydrogens (tertiary/aromatic N) is 1. The molecule has 15 heavy (non-hydrogen) atoms. The van der Waals surface area contributed by atoms with Crippen molar-refractivity contribution in [3.8, 4) is 5.75 Å². The first-order valence-electron chi connectivity index (χ1n) is 4.52. The second-order valence-corrected chi connectivity index (χ2v) is 3.05. The van der Waals surface area contributed by atoms with Crippen LogP contribution in [0.4, 0.5) is 5.69 Å². The summed E-state index contributed by atoms with van der Waals surface area (Å²) < 4.78 is 10.1. The van der Waals surface area contributed by atoms with Crippen LogP contribution in [0.3, 0.4) is 0 Å². The van der Waals surface area contributed by atoms with Crippen LogP contribution in [0.25, 0.3) is 0 Å². The van der Waals surface area contributed by atoms with Crippen molar-refractivity contribution >= 4 is 5.69 Å². The Labute approximate surface area is 87.8 Å². The summed E-state index contributed by atoms with van der Waals surface area (Å²) >= 11 is 0. The zero-order chi connectivity index (χ0) is 11.3. The van der Waals surface area contributed by atoms with Crippen LogP contribution in [0.2, 0.25) is 0 Å². The Kier molecular flexibility index (Phi) is 4.05. The number of methoxy groups -OCH3 is 1. The molecule has 82 valence electrons. The molecule has 0 aliphatic heterocycles. The van der Waals surface area contributed by atoms with E-state index in [1.807, 2.05) is 0 Å². The van der Waals surface area contributed by atoms with Gasteiger partial charge in [-0.2, -0.15) is 0 Å². The van der Waals surface area contributed by atoms with Crippen molar-refractivity contribution in [3.63, 3.8) is 0 Å². The molecule has 0 atom stereocenters. The molecule has 0 heterocycles. The largest absolute Gasteiger partial charge is 0.491 e. The lowest BCUT2D eigenvalue weighted by Crippen LogP contribution is -2.04. The van der Waals surface area contributed by atoms with E-state index in [-0.39, 0.29) is 5.69 Å². The molecular formula is C10H13NO4. The molecule has 0 aromatic heterocycles. The van der Waals surface area contributed by atoms with Gasteiger partial charge in [0.05, 0.1) is 17.6 Å². The van der Waals surface area contributed by atoms with Gasteiger partial charge in [0.25, 0.3) is 5.69 Å². The van der Waals surface area contributed by atoms with E-state index in [0.29, 0.717) is 24.5 Å². The molecule has 0 N–H and O–H groups in total. The Morgan fingerprint density at radius 1 is 1.40 bits per heavy atom. The third-order valence-corrected chi connectivity index (χ3v) is 1.93. The maximum atomic E-state index is 10.6. The minimum atomic E-state index is -0.418. The Hall–Kier alpha value is -1.62. The van der Waals surface area contributed by atoms with Gasteiger partial charge in [-0.05, 0) is 19.1 Å². The molecule has 0 bridgehead atoms. The Morgan fingerprint density at radius 3 is 2.73 bits per heavy atom. The molecule has 0 saturated heterocycles. The number of hydrogen-bond donors (Lipinski definition) is 0. The van der Waals surface area contributed by atoms with Gasteiger partial charge in [-0.15, -0.1) is 0 Å². The summed E-state index contributed by atoms with van der Waals surface area (Å²) in [5.41, 5.74) is 0.698. The zero-order valence-corrected chi connectivity index (χ0v) is 8.73. The van der Waals surface area contributed by atoms with Crippen LogP contribution in [-0.4, -0.2) is 25.2 Å². The fourth-order valence-electron chi connectivity index (χ4n) is 1.12. The molecule has 0 fully saturated rings. The molecule has 0 saturated carbocycles. The summed E-state index contributed by atoms with van der Waals surface area (Å²) in [6.07, 6.45) is 0. The molecule has 0 amide bonds. The SMILES string of the molecule is COCCOc1ccc(C)c([N+](=O)[O-])c1. The van der Waals surface area contributed by atoms with Gasteiger partial charge in [-0.1, -0.05) is 0 Å². The van der Waals surface area contributed by atoms with Gasteiger partial charge < -0.3 is 9.47 Å². The van der Waals surface area contributed by atoms with E-state index in [9.17, 15) is 10.1 Å². The fraction of sp³-hybridized carbons (Fsp3) is 0.400. The Morgan fingerprint density at radius 2 is 2.13 bits per heavy atom. The van der Waals surface area contributed by atoms with Gasteiger partial charge in [0.1, 0.15) is 12.4 Å². The van der Waals surface area contributed by atoms with Gasteiger partial charge >= 0.3 is 0 Å². The van der Waals surface area contributed by atoms with Crippen LogP contribution < -0.4 is 4.74 Å². The minimum Gasteiger partial charge on any atom is -0.491 e. The molecule has 0 aliphatic carbocycles. The quantitative estimate of drug-likeness (QED) is 0.424. The molecule has 5 nitrogen and oxygen atoms in total. The van der Waals surface area contributed by atoms with Crippen molar-refractivity contribution < 1.29 is 14.4 Å². The minimum absolute atomic E-state index is 0.0740. The number of hydrogen-bond acceptors (Lipinski definition) is 4. The van der Waals surface area contributed by atoms with Crippen molar-refractivity contribution in [2.24, 2.45) is 0 Å². The summed E-state index contributed by atoms with van der Waals surface area (Å²) in [7, 11) is 1.57. The van der Waals surface area contributed by atoms with Gasteiger partial charge in [-0.25, -0.2) is 0 Å². The average Bonchev–Trinajstić information content (AvgIpc) is 2.20. The second-order valence-electron chi connectivity index (χ2n) is 3.05. The van der Waals surface area contributed by atoms with Gasteiger partial charge in [0, 0.05) is 12.7 Å². The summed E-state index contributed by atoms with van der Waals surface area (Å²) in [5.74, 6) is 0.490. The number of nitro benzene ring substituents is 1. The van der Waals surface area contributed by atoms with Crippen LogP contribution >= 0.6 is 0 Å². The van der Waals surface area contributed by atoms with Crippen molar-refractivity contribution in [3.05, 3.63) is 33.9 Å². The fourth-order valence-corrected chi connectivity index (χ4v) is 1.12. The molecule has 5 heteroatoms. The smallest absolute Gasteiger partial charge is 0.276 e. The third-order valence-electron chi connectivity index (χ3n) is 1.93. The highest BCUT2D eigenvalue weighted by Crippen LogP contribution is 2.23. The van der Waals surface area contributed by atoms with E-state index in [0.717, 1.165) is 0 Å². The van der Waals surface area contributed by atoms with E-state index < -0.39 is 4.92 Å². The lowest BCUT2D eigenvalue weighted by atomic mass is 10.2. The highest BCUT2D eigenvalue weighted by molar-refractivity contribution is 5.45. The highest BCUT2D eigenvalue weighted by Gasteiger charge is 2.11. The van der Waals surface area contributed by atoms with Crippen LogP contribution in [0.5, 0.6) is 5.75 Å². The molecule has 1 aromatic rings. The molecule has 0 unspecified atom stereocenters. The van der Waals surface area contributed by atoms with Crippen LogP contribution in [0, 0.1) is 17.0 Å². The van der Waals surface area contributed by atoms with Crippen molar-refractivity contribution in [2.75, 3.05) is 20.3 Å². The Balaban J connectivity index is 2.74. The zero-order valence-electron chi connectivity index (χ0n) is 8.73. The lowest BCUT2D eigenvalue weighted by molar-refractivity contribution is -0.385. The lowest BCUT2D eigenvalue weighted by Gasteiger charge is -2.05. The average molecular weight is 211 g/mol. The predicted octanol–water partition coefficient (Wildman–Crippen LogP) is 1.93. The molecule has 0 spiro atoms. The number of ether oxygens (including phenoxy) is 2. The van der Waals surface area contributed by atoms with Crippen LogP contribution in [0.15, 0.2) is 18.2 Å². The van der Waals surface area contributed by atoms with E-state index in [4.69, 9.17) is 9.47 Å². The maximum Gasteiger partial charge on any atom is 0.276 e. The maximum absolute atomic E-state index is 10.6. The first-order valence-corrected chi connectivity index (χ1v) is 4.52. The van der Waals surface area contributed by atoms with Gasteiger partial charge in [-0.3, -0.25) is 10.1 Å². The van der Waals surface area contributed by atoms with Crippen LogP contribution in [0.1, 0.15) is 5.56 Å². The van der Waals surface area contributed by atoms with Gasteiger partial charge in [0.15, 0.2) is 0 Å². The molecule has 1 aromatic carbocycles. The monoisotopic (exact) mass is 211 g/mol. The first-order chi connectivity index (χ1) is 7.15. The van der Waals surface area contributed by atoms with E-state index in [1.54, 1.807) is 26.2 Å². The molecular weight excluding hydrogens is 198 g/mol. The van der Waals surface area contributed by atoms with E-state index in [2.05, 4.69) is 0 Å². The Bertz CT molecular complexity index is 351. The number of benzene rings is 1. The van der Waals surface area contributed by atoms with E-state index >= 15 is 0 Å². The molecule has 0 aliphatic rings. The van der Waals surface area contributed by atoms with Crippen molar-refractivity contribution in [1.29, 1.82) is 0 Å². The summed E-state index contributed by atoms with van der Waals surface area (Å²) in [4.78, 5) is 10.2. The predicted molar refractivity (Wildman–Crippen MR) is 55.2 cm³/mol. The number of rotatable bonds is 5. The van der Waals surface area contributed by atoms with Crippen molar-refractivity contribution in [2.45, 2.75) is 6.92 Å². The summed E-state index contributed by atoms with van der Waals surface area (Å²) in [6, 6.07) is 4.79. The standard InChI is InChI=1S/C10H13NO4/c1-8-3-4-9(15-6-5-14-2)7-10(8)11(12)13/h3-4,7H,5-6H2,1-2H3. The normalized spacial score (nSPS) is 10.0. The summed E-state index contributed by atoms with van der Waals surface area (Å²) in [6.45, 7) is 2.54. The molecule has 0 radical (unpaired) electrons.